The minimum absolute atomic E-state index is 0.313. The van der Waals surface area contributed by atoms with E-state index in [1.54, 1.807) is 0 Å². The third-order valence-corrected chi connectivity index (χ3v) is 4.12. The summed E-state index contributed by atoms with van der Waals surface area (Å²) in [6.07, 6.45) is 1.51. The van der Waals surface area contributed by atoms with E-state index in [4.69, 9.17) is 0 Å². The van der Waals surface area contributed by atoms with E-state index in [2.05, 4.69) is 59.6 Å². The molecule has 0 heterocycles. The van der Waals surface area contributed by atoms with Crippen molar-refractivity contribution in [3.05, 3.63) is 32.7 Å². The third-order valence-electron chi connectivity index (χ3n) is 2.90. The molecular formula is C15H22Br2O. The lowest BCUT2D eigenvalue weighted by molar-refractivity contribution is 0.133. The Morgan fingerprint density at radius 1 is 1.22 bits per heavy atom. The lowest BCUT2D eigenvalue weighted by atomic mass is 9.82. The van der Waals surface area contributed by atoms with E-state index >= 15 is 0 Å². The van der Waals surface area contributed by atoms with Crippen LogP contribution in [0.15, 0.2) is 27.1 Å². The molecule has 0 aliphatic carbocycles. The van der Waals surface area contributed by atoms with Gasteiger partial charge < -0.3 is 5.11 Å². The molecule has 1 N–H and O–H groups in total. The second-order valence-corrected chi connectivity index (χ2v) is 8.06. The van der Waals surface area contributed by atoms with Gasteiger partial charge in [0.2, 0.25) is 0 Å². The summed E-state index contributed by atoms with van der Waals surface area (Å²) in [6, 6.07) is 5.93. The standard InChI is InChI=1S/C15H22Br2O/c1-10(9-15(2,3)4)7-14(18)12-8-11(16)5-6-13(12)17/h5-6,8,10,14,18H,7,9H2,1-4H3. The Bertz CT molecular complexity index is 396. The topological polar surface area (TPSA) is 20.2 Å². The molecule has 1 aromatic rings. The Morgan fingerprint density at radius 3 is 2.39 bits per heavy atom. The zero-order valence-electron chi connectivity index (χ0n) is 11.5. The highest BCUT2D eigenvalue weighted by molar-refractivity contribution is 9.11. The van der Waals surface area contributed by atoms with E-state index in [-0.39, 0.29) is 0 Å². The number of hydrogen-bond acceptors (Lipinski definition) is 1. The first-order chi connectivity index (χ1) is 8.19. The average molecular weight is 378 g/mol. The van der Waals surface area contributed by atoms with Gasteiger partial charge in [0.05, 0.1) is 6.10 Å². The van der Waals surface area contributed by atoms with Crippen LogP contribution in [0.1, 0.15) is 52.2 Å². The molecule has 0 amide bonds. The number of rotatable bonds is 4. The molecule has 0 aromatic heterocycles. The van der Waals surface area contributed by atoms with Crippen molar-refractivity contribution in [1.82, 2.24) is 0 Å². The minimum atomic E-state index is -0.408. The van der Waals surface area contributed by atoms with Gasteiger partial charge in [-0.05, 0) is 47.9 Å². The molecule has 0 spiro atoms. The number of aliphatic hydroxyl groups excluding tert-OH is 1. The molecule has 3 heteroatoms. The molecule has 0 aliphatic heterocycles. The molecule has 18 heavy (non-hydrogen) atoms. The van der Waals surface area contributed by atoms with Gasteiger partial charge in [0, 0.05) is 8.95 Å². The number of halogens is 2. The van der Waals surface area contributed by atoms with Crippen LogP contribution in [0.25, 0.3) is 0 Å². The Hall–Kier alpha value is 0.140. The first kappa shape index (κ1) is 16.2. The van der Waals surface area contributed by atoms with E-state index in [9.17, 15) is 5.11 Å². The Labute approximate surface area is 127 Å². The molecule has 2 unspecified atom stereocenters. The highest BCUT2D eigenvalue weighted by Crippen LogP contribution is 2.34. The van der Waals surface area contributed by atoms with Crippen molar-refractivity contribution in [3.63, 3.8) is 0 Å². The highest BCUT2D eigenvalue weighted by Gasteiger charge is 2.20. The summed E-state index contributed by atoms with van der Waals surface area (Å²) in [5.41, 5.74) is 1.28. The van der Waals surface area contributed by atoms with Gasteiger partial charge in [-0.1, -0.05) is 59.6 Å². The van der Waals surface area contributed by atoms with Crippen LogP contribution in [0.3, 0.4) is 0 Å². The summed E-state index contributed by atoms with van der Waals surface area (Å²) >= 11 is 6.95. The largest absolute Gasteiger partial charge is 0.388 e. The zero-order valence-corrected chi connectivity index (χ0v) is 14.7. The normalized spacial score (nSPS) is 15.5. The van der Waals surface area contributed by atoms with Crippen molar-refractivity contribution < 1.29 is 5.11 Å². The highest BCUT2D eigenvalue weighted by atomic mass is 79.9. The van der Waals surface area contributed by atoms with Gasteiger partial charge in [0.15, 0.2) is 0 Å². The van der Waals surface area contributed by atoms with Crippen molar-refractivity contribution >= 4 is 31.9 Å². The van der Waals surface area contributed by atoms with Gasteiger partial charge in [-0.3, -0.25) is 0 Å². The van der Waals surface area contributed by atoms with E-state index in [1.807, 2.05) is 18.2 Å². The van der Waals surface area contributed by atoms with Crippen LogP contribution in [0.2, 0.25) is 0 Å². The van der Waals surface area contributed by atoms with Gasteiger partial charge in [-0.15, -0.1) is 0 Å². The fourth-order valence-electron chi connectivity index (χ4n) is 2.41. The first-order valence-corrected chi connectivity index (χ1v) is 7.90. The molecule has 0 radical (unpaired) electrons. The van der Waals surface area contributed by atoms with Crippen molar-refractivity contribution in [2.45, 2.75) is 46.6 Å². The van der Waals surface area contributed by atoms with Crippen LogP contribution in [-0.4, -0.2) is 5.11 Å². The number of aliphatic hydroxyl groups is 1. The molecule has 1 rings (SSSR count). The van der Waals surface area contributed by atoms with Crippen molar-refractivity contribution in [1.29, 1.82) is 0 Å². The lowest BCUT2D eigenvalue weighted by Gasteiger charge is -2.25. The van der Waals surface area contributed by atoms with Crippen molar-refractivity contribution in [3.8, 4) is 0 Å². The van der Waals surface area contributed by atoms with Crippen LogP contribution >= 0.6 is 31.9 Å². The fourth-order valence-corrected chi connectivity index (χ4v) is 3.30. The molecule has 0 fully saturated rings. The van der Waals surface area contributed by atoms with Crippen LogP contribution < -0.4 is 0 Å². The summed E-state index contributed by atoms with van der Waals surface area (Å²) in [6.45, 7) is 8.93. The van der Waals surface area contributed by atoms with Crippen LogP contribution in [0.5, 0.6) is 0 Å². The van der Waals surface area contributed by atoms with E-state index in [0.29, 0.717) is 11.3 Å². The summed E-state index contributed by atoms with van der Waals surface area (Å²) in [7, 11) is 0. The molecule has 2 atom stereocenters. The summed E-state index contributed by atoms with van der Waals surface area (Å²) in [5, 5.41) is 10.3. The van der Waals surface area contributed by atoms with Crippen LogP contribution in [0.4, 0.5) is 0 Å². The predicted molar refractivity (Wildman–Crippen MR) is 84.7 cm³/mol. The summed E-state index contributed by atoms with van der Waals surface area (Å²) in [5.74, 6) is 0.505. The molecule has 102 valence electrons. The molecule has 0 bridgehead atoms. The van der Waals surface area contributed by atoms with Gasteiger partial charge in [-0.25, -0.2) is 0 Å². The maximum absolute atomic E-state index is 10.3. The van der Waals surface area contributed by atoms with E-state index in [1.165, 1.54) is 0 Å². The Kier molecular flexibility index (Phi) is 5.88. The van der Waals surface area contributed by atoms with Crippen LogP contribution in [-0.2, 0) is 0 Å². The van der Waals surface area contributed by atoms with Gasteiger partial charge >= 0.3 is 0 Å². The average Bonchev–Trinajstić information content (AvgIpc) is 2.18. The van der Waals surface area contributed by atoms with Crippen LogP contribution in [0, 0.1) is 11.3 Å². The van der Waals surface area contributed by atoms with Gasteiger partial charge in [0.25, 0.3) is 0 Å². The third kappa shape index (κ3) is 5.41. The second kappa shape index (κ2) is 6.53. The molecule has 1 nitrogen and oxygen atoms in total. The molecule has 1 aromatic carbocycles. The second-order valence-electron chi connectivity index (χ2n) is 6.29. The first-order valence-electron chi connectivity index (χ1n) is 6.32. The Morgan fingerprint density at radius 2 is 1.83 bits per heavy atom. The van der Waals surface area contributed by atoms with Gasteiger partial charge in [0.1, 0.15) is 0 Å². The SMILES string of the molecule is CC(CC(O)c1cc(Br)ccc1Br)CC(C)(C)C. The van der Waals surface area contributed by atoms with Crippen molar-refractivity contribution in [2.75, 3.05) is 0 Å². The summed E-state index contributed by atoms with van der Waals surface area (Å²) < 4.78 is 1.98. The quantitative estimate of drug-likeness (QED) is 0.712. The molecular weight excluding hydrogens is 356 g/mol. The predicted octanol–water partition coefficient (Wildman–Crippen LogP) is 5.71. The van der Waals surface area contributed by atoms with E-state index < -0.39 is 6.10 Å². The molecule has 0 aliphatic rings. The maximum Gasteiger partial charge on any atom is 0.0803 e. The number of benzene rings is 1. The minimum Gasteiger partial charge on any atom is -0.388 e. The lowest BCUT2D eigenvalue weighted by Crippen LogP contribution is -2.13. The van der Waals surface area contributed by atoms with E-state index in [0.717, 1.165) is 27.4 Å². The maximum atomic E-state index is 10.3. The molecule has 0 saturated carbocycles. The molecule has 0 saturated heterocycles. The smallest absolute Gasteiger partial charge is 0.0803 e. The monoisotopic (exact) mass is 376 g/mol. The van der Waals surface area contributed by atoms with Crippen molar-refractivity contribution in [2.24, 2.45) is 11.3 Å². The van der Waals surface area contributed by atoms with Gasteiger partial charge in [-0.2, -0.15) is 0 Å². The summed E-state index contributed by atoms with van der Waals surface area (Å²) in [4.78, 5) is 0. The zero-order chi connectivity index (χ0) is 13.9. The number of hydrogen-bond donors (Lipinski definition) is 1. The Balaban J connectivity index is 2.70. The fraction of sp³-hybridized carbons (Fsp3) is 0.600.